The highest BCUT2D eigenvalue weighted by molar-refractivity contribution is 5.80. The molecule has 4 atom stereocenters. The Balaban J connectivity index is 1.45. The zero-order valence-corrected chi connectivity index (χ0v) is 15.0. The molecule has 1 aliphatic carbocycles. The second kappa shape index (κ2) is 7.44. The summed E-state index contributed by atoms with van der Waals surface area (Å²) in [6.45, 7) is 1.43. The van der Waals surface area contributed by atoms with E-state index in [1.807, 2.05) is 36.3 Å². The molecule has 2 saturated heterocycles. The van der Waals surface area contributed by atoms with E-state index < -0.39 is 17.3 Å². The number of aliphatic carboxylic acids is 1. The number of ether oxygens (including phenoxy) is 2. The molecule has 3 fully saturated rings. The van der Waals surface area contributed by atoms with Crippen molar-refractivity contribution in [1.82, 2.24) is 5.06 Å². The molecule has 7 nitrogen and oxygen atoms in total. The quantitative estimate of drug-likeness (QED) is 0.732. The van der Waals surface area contributed by atoms with E-state index in [1.54, 1.807) is 0 Å². The highest BCUT2D eigenvalue weighted by Crippen LogP contribution is 2.68. The smallest absolute Gasteiger partial charge is 0.307 e. The van der Waals surface area contributed by atoms with Gasteiger partial charge in [0.15, 0.2) is 6.29 Å². The lowest BCUT2D eigenvalue weighted by atomic mass is 10.0. The molecular formula is C20H23NO6. The number of benzene rings is 1. The van der Waals surface area contributed by atoms with Gasteiger partial charge in [-0.05, 0) is 24.8 Å². The second-order valence-electron chi connectivity index (χ2n) is 7.34. The van der Waals surface area contributed by atoms with E-state index in [4.69, 9.17) is 14.3 Å². The fourth-order valence-electron chi connectivity index (χ4n) is 4.33. The topological polar surface area (TPSA) is 85.3 Å². The molecule has 2 aliphatic heterocycles. The number of carboxylic acid groups (broad SMARTS) is 1. The molecule has 1 saturated carbocycles. The third-order valence-electron chi connectivity index (χ3n) is 5.80. The van der Waals surface area contributed by atoms with Crippen LogP contribution in [-0.4, -0.2) is 48.1 Å². The van der Waals surface area contributed by atoms with E-state index in [2.05, 4.69) is 0 Å². The van der Waals surface area contributed by atoms with Gasteiger partial charge in [0.25, 0.3) is 0 Å². The van der Waals surface area contributed by atoms with Gasteiger partial charge in [-0.15, -0.1) is 0 Å². The van der Waals surface area contributed by atoms with Gasteiger partial charge >= 0.3 is 5.97 Å². The lowest BCUT2D eigenvalue weighted by Crippen LogP contribution is -2.32. The number of rotatable bonds is 7. The van der Waals surface area contributed by atoms with E-state index in [-0.39, 0.29) is 24.5 Å². The normalized spacial score (nSPS) is 32.1. The molecule has 4 unspecified atom stereocenters. The average molecular weight is 373 g/mol. The third kappa shape index (κ3) is 3.28. The van der Waals surface area contributed by atoms with Crippen LogP contribution in [0.1, 0.15) is 24.8 Å². The fourth-order valence-corrected chi connectivity index (χ4v) is 4.33. The van der Waals surface area contributed by atoms with Crippen LogP contribution >= 0.6 is 0 Å². The lowest BCUT2D eigenvalue weighted by molar-refractivity contribution is -0.177. The third-order valence-corrected chi connectivity index (χ3v) is 5.80. The van der Waals surface area contributed by atoms with Crippen molar-refractivity contribution in [1.29, 1.82) is 0 Å². The van der Waals surface area contributed by atoms with E-state index in [9.17, 15) is 14.7 Å². The molecule has 1 aromatic rings. The van der Waals surface area contributed by atoms with Gasteiger partial charge in [-0.25, -0.2) is 9.86 Å². The van der Waals surface area contributed by atoms with Gasteiger partial charge in [-0.2, -0.15) is 0 Å². The van der Waals surface area contributed by atoms with Gasteiger partial charge < -0.3 is 14.6 Å². The monoisotopic (exact) mass is 373 g/mol. The number of hydrogen-bond donors (Lipinski definition) is 1. The first-order chi connectivity index (χ1) is 13.2. The van der Waals surface area contributed by atoms with E-state index in [1.165, 1.54) is 5.06 Å². The standard InChI is InChI=1S/C20H23NO6/c22-11-16-20(13-26-17-8-4-5-9-25-17)15(18(20)19(23)24)10-21(16)27-12-14-6-2-1-3-7-14/h1-3,6-7,15,17-18H,4-5,8-10,12-13H2,(H,23,24). The second-order valence-corrected chi connectivity index (χ2v) is 7.34. The van der Waals surface area contributed by atoms with Gasteiger partial charge in [0.1, 0.15) is 11.6 Å². The Bertz CT molecular complexity index is 740. The van der Waals surface area contributed by atoms with E-state index in [0.29, 0.717) is 19.8 Å². The van der Waals surface area contributed by atoms with Crippen molar-refractivity contribution in [2.45, 2.75) is 32.2 Å². The molecule has 2 heterocycles. The Morgan fingerprint density at radius 2 is 2.15 bits per heavy atom. The van der Waals surface area contributed by atoms with Crippen molar-refractivity contribution in [3.8, 4) is 0 Å². The van der Waals surface area contributed by atoms with Crippen molar-refractivity contribution >= 4 is 11.9 Å². The Morgan fingerprint density at radius 1 is 1.33 bits per heavy atom. The predicted molar refractivity (Wildman–Crippen MR) is 93.7 cm³/mol. The minimum atomic E-state index is -0.913. The molecule has 1 aromatic carbocycles. The molecule has 144 valence electrons. The fraction of sp³-hybridized carbons (Fsp3) is 0.550. The highest BCUT2D eigenvalue weighted by atomic mass is 16.7. The van der Waals surface area contributed by atoms with Crippen LogP contribution in [0.15, 0.2) is 36.0 Å². The number of hydrogen-bond acceptors (Lipinski definition) is 6. The number of fused-ring (bicyclic) bond motifs is 1. The van der Waals surface area contributed by atoms with Crippen LogP contribution in [0.5, 0.6) is 0 Å². The Hall–Kier alpha value is -2.18. The van der Waals surface area contributed by atoms with Gasteiger partial charge in [0, 0.05) is 12.5 Å². The predicted octanol–water partition coefficient (Wildman–Crippen LogP) is 2.01. The van der Waals surface area contributed by atoms with Crippen LogP contribution in [0.25, 0.3) is 0 Å². The van der Waals surface area contributed by atoms with Crippen LogP contribution in [0.3, 0.4) is 0 Å². The number of carbonyl (C=O) groups excluding carboxylic acids is 1. The first-order valence-electron chi connectivity index (χ1n) is 9.33. The van der Waals surface area contributed by atoms with Gasteiger partial charge in [-0.3, -0.25) is 9.63 Å². The van der Waals surface area contributed by atoms with E-state index in [0.717, 1.165) is 24.8 Å². The Labute approximate surface area is 157 Å². The molecule has 0 bridgehead atoms. The van der Waals surface area contributed by atoms with Crippen molar-refractivity contribution in [2.24, 2.45) is 17.3 Å². The Morgan fingerprint density at radius 3 is 2.81 bits per heavy atom. The summed E-state index contributed by atoms with van der Waals surface area (Å²) in [4.78, 5) is 29.2. The summed E-state index contributed by atoms with van der Waals surface area (Å²) in [5.41, 5.74) is 0.344. The van der Waals surface area contributed by atoms with Gasteiger partial charge in [-0.1, -0.05) is 30.3 Å². The number of carboxylic acids is 1. The van der Waals surface area contributed by atoms with Crippen molar-refractivity contribution in [2.75, 3.05) is 19.8 Å². The number of carbonyl (C=O) groups is 1. The number of hydroxylamine groups is 2. The molecule has 3 aliphatic rings. The molecule has 4 rings (SSSR count). The zero-order valence-electron chi connectivity index (χ0n) is 15.0. The zero-order chi connectivity index (χ0) is 18.9. The van der Waals surface area contributed by atoms with Crippen molar-refractivity contribution < 1.29 is 29.0 Å². The summed E-state index contributed by atoms with van der Waals surface area (Å²) < 4.78 is 11.4. The van der Waals surface area contributed by atoms with E-state index >= 15 is 0 Å². The van der Waals surface area contributed by atoms with Crippen LogP contribution in [0.4, 0.5) is 0 Å². The van der Waals surface area contributed by atoms with Crippen LogP contribution in [0.2, 0.25) is 0 Å². The average Bonchev–Trinajstić information content (AvgIpc) is 3.23. The summed E-state index contributed by atoms with van der Waals surface area (Å²) in [7, 11) is 0. The maximum atomic E-state index is 11.7. The minimum Gasteiger partial charge on any atom is -0.481 e. The molecule has 0 aromatic heterocycles. The number of nitrogens with zero attached hydrogens (tertiary/aromatic N) is 1. The molecule has 1 N–H and O–H groups in total. The van der Waals surface area contributed by atoms with Crippen LogP contribution in [0, 0.1) is 17.3 Å². The van der Waals surface area contributed by atoms with Crippen LogP contribution < -0.4 is 0 Å². The summed E-state index contributed by atoms with van der Waals surface area (Å²) >= 11 is 0. The summed E-state index contributed by atoms with van der Waals surface area (Å²) in [5.74, 6) is 0.164. The lowest BCUT2D eigenvalue weighted by Gasteiger charge is -2.27. The Kier molecular flexibility index (Phi) is 5.02. The first-order valence-corrected chi connectivity index (χ1v) is 9.33. The van der Waals surface area contributed by atoms with Gasteiger partial charge in [0.05, 0.1) is 31.1 Å². The summed E-state index contributed by atoms with van der Waals surface area (Å²) in [5, 5.41) is 11.1. The van der Waals surface area contributed by atoms with Crippen molar-refractivity contribution in [3.63, 3.8) is 0 Å². The molecule has 27 heavy (non-hydrogen) atoms. The summed E-state index contributed by atoms with van der Waals surface area (Å²) in [6, 6.07) is 9.61. The maximum absolute atomic E-state index is 11.7. The maximum Gasteiger partial charge on any atom is 0.307 e. The molecule has 0 spiro atoms. The van der Waals surface area contributed by atoms with Crippen molar-refractivity contribution in [3.05, 3.63) is 41.6 Å². The first kappa shape index (κ1) is 18.2. The summed E-state index contributed by atoms with van der Waals surface area (Å²) in [6.07, 6.45) is 2.47. The molecule has 7 heteroatoms. The van der Waals surface area contributed by atoms with Crippen LogP contribution in [-0.2, 0) is 30.5 Å². The SMILES string of the molecule is O=C=C1N(OCc2ccccc2)CC2C(C(=O)O)C12COC1CCCCO1. The number of piperidine rings is 1. The van der Waals surface area contributed by atoms with Gasteiger partial charge in [0.2, 0.25) is 0 Å². The molecular weight excluding hydrogens is 350 g/mol. The highest BCUT2D eigenvalue weighted by Gasteiger charge is 2.76. The minimum absolute atomic E-state index is 0.134. The molecule has 0 radical (unpaired) electrons. The molecule has 0 amide bonds. The largest absolute Gasteiger partial charge is 0.481 e.